The number of aromatic nitrogens is 2. The van der Waals surface area contributed by atoms with Crippen LogP contribution >= 0.6 is 11.8 Å². The number of hydrogen-bond acceptors (Lipinski definition) is 3. The van der Waals surface area contributed by atoms with Crippen molar-refractivity contribution in [2.45, 2.75) is 37.1 Å². The number of fused-ring (bicyclic) bond motifs is 1. The Labute approximate surface area is 148 Å². The predicted molar refractivity (Wildman–Crippen MR) is 105 cm³/mol. The van der Waals surface area contributed by atoms with Crippen LogP contribution in [0.15, 0.2) is 47.6 Å². The van der Waals surface area contributed by atoms with Gasteiger partial charge in [0.2, 0.25) is 0 Å². The lowest BCUT2D eigenvalue weighted by Gasteiger charge is -2.23. The molecule has 1 N–H and O–H groups in total. The summed E-state index contributed by atoms with van der Waals surface area (Å²) in [6.45, 7) is 6.77. The van der Waals surface area contributed by atoms with E-state index < -0.39 is 0 Å². The van der Waals surface area contributed by atoms with Gasteiger partial charge in [-0.2, -0.15) is 0 Å². The minimum atomic E-state index is 0.156. The molecule has 126 valence electrons. The highest BCUT2D eigenvalue weighted by Crippen LogP contribution is 2.32. The van der Waals surface area contributed by atoms with Gasteiger partial charge in [-0.15, -0.1) is 0 Å². The lowest BCUT2D eigenvalue weighted by molar-refractivity contribution is 0.589. The van der Waals surface area contributed by atoms with Crippen molar-refractivity contribution >= 4 is 28.5 Å². The molecule has 3 rings (SSSR count). The molecule has 0 aliphatic rings. The van der Waals surface area contributed by atoms with Crippen molar-refractivity contribution in [2.24, 2.45) is 0 Å². The maximum atomic E-state index is 4.67. The average molecular weight is 340 g/mol. The van der Waals surface area contributed by atoms with E-state index >= 15 is 0 Å². The molecule has 4 heteroatoms. The molecule has 0 radical (unpaired) electrons. The van der Waals surface area contributed by atoms with E-state index in [9.17, 15) is 0 Å². The molecule has 0 spiro atoms. The minimum absolute atomic E-state index is 0.156. The second kappa shape index (κ2) is 6.52. The van der Waals surface area contributed by atoms with Crippen molar-refractivity contribution in [3.05, 3.63) is 53.6 Å². The fourth-order valence-corrected chi connectivity index (χ4v) is 3.62. The SMILES string of the molecule is CN(C)c1ccc(C(C)(C)C)cc1CSc1nc2ccccc2[nH]1. The van der Waals surface area contributed by atoms with E-state index in [2.05, 4.69) is 74.0 Å². The van der Waals surface area contributed by atoms with Gasteiger partial charge in [0.25, 0.3) is 0 Å². The van der Waals surface area contributed by atoms with Gasteiger partial charge in [0.15, 0.2) is 5.16 Å². The Balaban J connectivity index is 1.87. The van der Waals surface area contributed by atoms with Gasteiger partial charge in [0.1, 0.15) is 0 Å². The van der Waals surface area contributed by atoms with Crippen molar-refractivity contribution in [1.29, 1.82) is 0 Å². The van der Waals surface area contributed by atoms with Crippen molar-refractivity contribution in [3.63, 3.8) is 0 Å². The van der Waals surface area contributed by atoms with Crippen LogP contribution in [0.3, 0.4) is 0 Å². The molecule has 0 bridgehead atoms. The third-order valence-electron chi connectivity index (χ3n) is 4.16. The zero-order chi connectivity index (χ0) is 17.3. The Morgan fingerprint density at radius 3 is 2.50 bits per heavy atom. The summed E-state index contributed by atoms with van der Waals surface area (Å²) in [5.41, 5.74) is 6.26. The number of hydrogen-bond donors (Lipinski definition) is 1. The van der Waals surface area contributed by atoms with Gasteiger partial charge in [-0.25, -0.2) is 4.98 Å². The number of nitrogens with zero attached hydrogens (tertiary/aromatic N) is 2. The molecule has 0 saturated carbocycles. The first kappa shape index (κ1) is 16.9. The van der Waals surface area contributed by atoms with E-state index in [4.69, 9.17) is 0 Å². The smallest absolute Gasteiger partial charge is 0.166 e. The van der Waals surface area contributed by atoms with E-state index in [0.717, 1.165) is 21.9 Å². The molecular formula is C20H25N3S. The molecule has 0 unspecified atom stereocenters. The van der Waals surface area contributed by atoms with Gasteiger partial charge in [0.05, 0.1) is 11.0 Å². The molecule has 0 fully saturated rings. The van der Waals surface area contributed by atoms with Crippen LogP contribution in [0.2, 0.25) is 0 Å². The highest BCUT2D eigenvalue weighted by atomic mass is 32.2. The molecule has 1 aromatic heterocycles. The van der Waals surface area contributed by atoms with E-state index in [-0.39, 0.29) is 5.41 Å². The molecule has 3 nitrogen and oxygen atoms in total. The summed E-state index contributed by atoms with van der Waals surface area (Å²) in [7, 11) is 4.20. The summed E-state index contributed by atoms with van der Waals surface area (Å²) in [4.78, 5) is 10.2. The second-order valence-electron chi connectivity index (χ2n) is 7.34. The van der Waals surface area contributed by atoms with Crippen LogP contribution in [0.25, 0.3) is 11.0 Å². The van der Waals surface area contributed by atoms with Crippen LogP contribution in [0, 0.1) is 0 Å². The quantitative estimate of drug-likeness (QED) is 0.661. The van der Waals surface area contributed by atoms with E-state index in [1.807, 2.05) is 18.2 Å². The Morgan fingerprint density at radius 1 is 1.08 bits per heavy atom. The Morgan fingerprint density at radius 2 is 1.83 bits per heavy atom. The fraction of sp³-hybridized carbons (Fsp3) is 0.350. The number of rotatable bonds is 4. The number of benzene rings is 2. The first-order valence-electron chi connectivity index (χ1n) is 8.23. The Bertz CT molecular complexity index is 810. The normalized spacial score (nSPS) is 11.9. The molecule has 0 saturated heterocycles. The lowest BCUT2D eigenvalue weighted by Crippen LogP contribution is -2.15. The number of anilines is 1. The van der Waals surface area contributed by atoms with Crippen LogP contribution < -0.4 is 4.90 Å². The monoisotopic (exact) mass is 339 g/mol. The number of nitrogens with one attached hydrogen (secondary N) is 1. The maximum Gasteiger partial charge on any atom is 0.166 e. The number of imidazole rings is 1. The van der Waals surface area contributed by atoms with Crippen LogP contribution in [-0.4, -0.2) is 24.1 Å². The van der Waals surface area contributed by atoms with Gasteiger partial charge in [-0.3, -0.25) is 0 Å². The van der Waals surface area contributed by atoms with Crippen LogP contribution in [-0.2, 0) is 11.2 Å². The molecular weight excluding hydrogens is 314 g/mol. The van der Waals surface area contributed by atoms with Crippen molar-refractivity contribution in [2.75, 3.05) is 19.0 Å². The van der Waals surface area contributed by atoms with Crippen LogP contribution in [0.5, 0.6) is 0 Å². The summed E-state index contributed by atoms with van der Waals surface area (Å²) in [6, 6.07) is 15.0. The first-order chi connectivity index (χ1) is 11.3. The van der Waals surface area contributed by atoms with Crippen LogP contribution in [0.1, 0.15) is 31.9 Å². The Kier molecular flexibility index (Phi) is 4.59. The highest BCUT2D eigenvalue weighted by Gasteiger charge is 2.16. The maximum absolute atomic E-state index is 4.67. The van der Waals surface area contributed by atoms with Crippen LogP contribution in [0.4, 0.5) is 5.69 Å². The topological polar surface area (TPSA) is 31.9 Å². The summed E-state index contributed by atoms with van der Waals surface area (Å²) in [5.74, 6) is 0.900. The van der Waals surface area contributed by atoms with E-state index in [1.165, 1.54) is 16.8 Å². The zero-order valence-electron chi connectivity index (χ0n) is 15.1. The van der Waals surface area contributed by atoms with Gasteiger partial charge in [-0.05, 0) is 34.7 Å². The van der Waals surface area contributed by atoms with Crippen molar-refractivity contribution in [1.82, 2.24) is 9.97 Å². The van der Waals surface area contributed by atoms with Gasteiger partial charge >= 0.3 is 0 Å². The van der Waals surface area contributed by atoms with Gasteiger partial charge in [-0.1, -0.05) is 56.8 Å². The molecule has 3 aromatic rings. The fourth-order valence-electron chi connectivity index (χ4n) is 2.75. The molecule has 2 aromatic carbocycles. The number of thioether (sulfide) groups is 1. The Hall–Kier alpha value is -1.94. The summed E-state index contributed by atoms with van der Waals surface area (Å²) in [5, 5.41) is 0.974. The first-order valence-corrected chi connectivity index (χ1v) is 9.21. The molecule has 0 aliphatic heterocycles. The summed E-state index contributed by atoms with van der Waals surface area (Å²) >= 11 is 1.76. The standard InChI is InChI=1S/C20H25N3S/c1-20(2,3)15-10-11-18(23(4)5)14(12-15)13-24-19-21-16-8-6-7-9-17(16)22-19/h6-12H,13H2,1-5H3,(H,21,22). The zero-order valence-corrected chi connectivity index (χ0v) is 15.9. The van der Waals surface area contributed by atoms with E-state index in [0.29, 0.717) is 0 Å². The van der Waals surface area contributed by atoms with Gasteiger partial charge in [0, 0.05) is 25.5 Å². The minimum Gasteiger partial charge on any atom is -0.377 e. The molecule has 24 heavy (non-hydrogen) atoms. The van der Waals surface area contributed by atoms with E-state index in [1.54, 1.807) is 11.8 Å². The summed E-state index contributed by atoms with van der Waals surface area (Å²) in [6.07, 6.45) is 0. The van der Waals surface area contributed by atoms with Crippen molar-refractivity contribution < 1.29 is 0 Å². The number of para-hydroxylation sites is 2. The molecule has 0 atom stereocenters. The second-order valence-corrected chi connectivity index (χ2v) is 8.30. The largest absolute Gasteiger partial charge is 0.377 e. The molecule has 1 heterocycles. The molecule has 0 aliphatic carbocycles. The number of aromatic amines is 1. The number of H-pyrrole nitrogens is 1. The lowest BCUT2D eigenvalue weighted by atomic mass is 9.86. The van der Waals surface area contributed by atoms with Crippen molar-refractivity contribution in [3.8, 4) is 0 Å². The highest BCUT2D eigenvalue weighted by molar-refractivity contribution is 7.98. The predicted octanol–water partition coefficient (Wildman–Crippen LogP) is 5.22. The molecule has 0 amide bonds. The summed E-state index contributed by atoms with van der Waals surface area (Å²) < 4.78 is 0. The third kappa shape index (κ3) is 3.59. The average Bonchev–Trinajstić information content (AvgIpc) is 2.94. The van der Waals surface area contributed by atoms with Gasteiger partial charge < -0.3 is 9.88 Å². The third-order valence-corrected chi connectivity index (χ3v) is 5.08.